The van der Waals surface area contributed by atoms with E-state index in [0.717, 1.165) is 17.7 Å². The van der Waals surface area contributed by atoms with Gasteiger partial charge in [0.05, 0.1) is 6.10 Å². The van der Waals surface area contributed by atoms with E-state index in [0.29, 0.717) is 17.1 Å². The summed E-state index contributed by atoms with van der Waals surface area (Å²) in [4.78, 5) is 0. The van der Waals surface area contributed by atoms with E-state index in [9.17, 15) is 13.9 Å². The zero-order chi connectivity index (χ0) is 15.7. The van der Waals surface area contributed by atoms with E-state index in [-0.39, 0.29) is 12.1 Å². The van der Waals surface area contributed by atoms with Crippen molar-refractivity contribution in [3.8, 4) is 0 Å². The molecule has 2 rings (SSSR count). The summed E-state index contributed by atoms with van der Waals surface area (Å²) >= 11 is 0. The zero-order valence-electron chi connectivity index (χ0n) is 12.3. The Morgan fingerprint density at radius 2 is 1.86 bits per heavy atom. The van der Waals surface area contributed by atoms with Gasteiger partial charge >= 0.3 is 0 Å². The standard InChI is InChI=1S/C16H19F2NO2/c1-8-9(2)21-10(3)15(8)16(20)13(7-19)12-5-4-11(17)6-14(12)18/h4-6,13,16,20H,7,19H2,1-3H3. The summed E-state index contributed by atoms with van der Waals surface area (Å²) in [6.45, 7) is 5.41. The Morgan fingerprint density at radius 3 is 2.33 bits per heavy atom. The first-order valence-electron chi connectivity index (χ1n) is 6.76. The van der Waals surface area contributed by atoms with Crippen molar-refractivity contribution >= 4 is 0 Å². The fourth-order valence-electron chi connectivity index (χ4n) is 2.67. The van der Waals surface area contributed by atoms with Gasteiger partial charge in [-0.15, -0.1) is 0 Å². The molecule has 1 aromatic heterocycles. The van der Waals surface area contributed by atoms with Gasteiger partial charge in [-0.25, -0.2) is 8.78 Å². The monoisotopic (exact) mass is 295 g/mol. The summed E-state index contributed by atoms with van der Waals surface area (Å²) < 4.78 is 32.5. The van der Waals surface area contributed by atoms with Gasteiger partial charge in [-0.05, 0) is 38.0 Å². The summed E-state index contributed by atoms with van der Waals surface area (Å²) in [5.41, 5.74) is 7.34. The Hall–Kier alpha value is -1.72. The average Bonchev–Trinajstić information content (AvgIpc) is 2.66. The predicted molar refractivity (Wildman–Crippen MR) is 76.0 cm³/mol. The Bertz CT molecular complexity index is 652. The summed E-state index contributed by atoms with van der Waals surface area (Å²) in [6, 6.07) is 3.28. The molecule has 2 unspecified atom stereocenters. The van der Waals surface area contributed by atoms with Crippen molar-refractivity contribution in [3.63, 3.8) is 0 Å². The molecular formula is C16H19F2NO2. The van der Waals surface area contributed by atoms with E-state index in [1.807, 2.05) is 6.92 Å². The summed E-state index contributed by atoms with van der Waals surface area (Å²) in [5.74, 6) is -0.747. The van der Waals surface area contributed by atoms with Crippen molar-refractivity contribution in [1.82, 2.24) is 0 Å². The molecule has 0 saturated heterocycles. The first-order chi connectivity index (χ1) is 9.86. The van der Waals surface area contributed by atoms with E-state index in [1.165, 1.54) is 6.07 Å². The van der Waals surface area contributed by atoms with Crippen LogP contribution < -0.4 is 5.73 Å². The van der Waals surface area contributed by atoms with Crippen LogP contribution in [0.15, 0.2) is 22.6 Å². The molecule has 0 amide bonds. The maximum absolute atomic E-state index is 13.9. The molecule has 2 aromatic rings. The van der Waals surface area contributed by atoms with Crippen LogP contribution in [0.2, 0.25) is 0 Å². The van der Waals surface area contributed by atoms with Crippen molar-refractivity contribution in [3.05, 3.63) is 58.0 Å². The molecule has 5 heteroatoms. The lowest BCUT2D eigenvalue weighted by molar-refractivity contribution is 0.143. The maximum Gasteiger partial charge on any atom is 0.129 e. The minimum atomic E-state index is -1.01. The van der Waals surface area contributed by atoms with Crippen molar-refractivity contribution in [2.24, 2.45) is 5.73 Å². The molecule has 0 fully saturated rings. The number of halogens is 2. The highest BCUT2D eigenvalue weighted by molar-refractivity contribution is 5.37. The van der Waals surface area contributed by atoms with Gasteiger partial charge in [-0.2, -0.15) is 0 Å². The number of hydrogen-bond donors (Lipinski definition) is 2. The van der Waals surface area contributed by atoms with Crippen LogP contribution in [0.25, 0.3) is 0 Å². The maximum atomic E-state index is 13.9. The zero-order valence-corrected chi connectivity index (χ0v) is 12.3. The van der Waals surface area contributed by atoms with Crippen LogP contribution >= 0.6 is 0 Å². The van der Waals surface area contributed by atoms with Gasteiger partial charge < -0.3 is 15.3 Å². The fourth-order valence-corrected chi connectivity index (χ4v) is 2.67. The molecule has 21 heavy (non-hydrogen) atoms. The summed E-state index contributed by atoms with van der Waals surface area (Å²) in [6.07, 6.45) is -1.01. The Kier molecular flexibility index (Phi) is 4.44. The van der Waals surface area contributed by atoms with Crippen LogP contribution in [0.4, 0.5) is 8.78 Å². The van der Waals surface area contributed by atoms with E-state index < -0.39 is 23.7 Å². The predicted octanol–water partition coefficient (Wildman–Crippen LogP) is 3.26. The van der Waals surface area contributed by atoms with Gasteiger partial charge in [0.2, 0.25) is 0 Å². The van der Waals surface area contributed by atoms with Gasteiger partial charge in [0.25, 0.3) is 0 Å². The first kappa shape index (κ1) is 15.7. The Morgan fingerprint density at radius 1 is 1.19 bits per heavy atom. The minimum Gasteiger partial charge on any atom is -0.466 e. The lowest BCUT2D eigenvalue weighted by atomic mass is 9.87. The number of aliphatic hydroxyl groups excluding tert-OH is 1. The van der Waals surface area contributed by atoms with Gasteiger partial charge in [0.15, 0.2) is 0 Å². The van der Waals surface area contributed by atoms with E-state index in [2.05, 4.69) is 0 Å². The van der Waals surface area contributed by atoms with E-state index >= 15 is 0 Å². The quantitative estimate of drug-likeness (QED) is 0.910. The van der Waals surface area contributed by atoms with Crippen LogP contribution in [-0.4, -0.2) is 11.7 Å². The molecule has 3 nitrogen and oxygen atoms in total. The van der Waals surface area contributed by atoms with Crippen molar-refractivity contribution in [1.29, 1.82) is 0 Å². The number of benzene rings is 1. The third-order valence-electron chi connectivity index (χ3n) is 3.91. The topological polar surface area (TPSA) is 59.4 Å². The SMILES string of the molecule is Cc1oc(C)c(C(O)C(CN)c2ccc(F)cc2F)c1C. The molecule has 1 heterocycles. The minimum absolute atomic E-state index is 0.0346. The highest BCUT2D eigenvalue weighted by atomic mass is 19.1. The highest BCUT2D eigenvalue weighted by Gasteiger charge is 2.29. The van der Waals surface area contributed by atoms with Crippen molar-refractivity contribution in [2.75, 3.05) is 6.54 Å². The Balaban J connectivity index is 2.45. The second kappa shape index (κ2) is 5.95. The second-order valence-electron chi connectivity index (χ2n) is 5.21. The van der Waals surface area contributed by atoms with Gasteiger partial charge in [-0.1, -0.05) is 6.07 Å². The van der Waals surface area contributed by atoms with E-state index in [4.69, 9.17) is 10.2 Å². The largest absolute Gasteiger partial charge is 0.466 e. The normalized spacial score (nSPS) is 14.2. The number of aliphatic hydroxyl groups is 1. The van der Waals surface area contributed by atoms with Crippen molar-refractivity contribution < 1.29 is 18.3 Å². The lowest BCUT2D eigenvalue weighted by Gasteiger charge is -2.23. The fraction of sp³-hybridized carbons (Fsp3) is 0.375. The van der Waals surface area contributed by atoms with Crippen LogP contribution in [0.1, 0.15) is 40.2 Å². The molecule has 0 aliphatic carbocycles. The second-order valence-corrected chi connectivity index (χ2v) is 5.21. The molecular weight excluding hydrogens is 276 g/mol. The number of furan rings is 1. The third kappa shape index (κ3) is 2.84. The number of rotatable bonds is 4. The molecule has 3 N–H and O–H groups in total. The highest BCUT2D eigenvalue weighted by Crippen LogP contribution is 2.37. The van der Waals surface area contributed by atoms with Crippen LogP contribution in [0.5, 0.6) is 0 Å². The molecule has 0 saturated carbocycles. The Labute approximate surface area is 122 Å². The van der Waals surface area contributed by atoms with Gasteiger partial charge in [0.1, 0.15) is 23.2 Å². The molecule has 0 spiro atoms. The molecule has 0 aliphatic heterocycles. The van der Waals surface area contributed by atoms with Gasteiger partial charge in [0, 0.05) is 24.1 Å². The van der Waals surface area contributed by atoms with Gasteiger partial charge in [-0.3, -0.25) is 0 Å². The van der Waals surface area contributed by atoms with Crippen molar-refractivity contribution in [2.45, 2.75) is 32.8 Å². The van der Waals surface area contributed by atoms with E-state index in [1.54, 1.807) is 13.8 Å². The summed E-state index contributed by atoms with van der Waals surface area (Å²) in [7, 11) is 0. The number of aryl methyl sites for hydroxylation is 2. The molecule has 1 aromatic carbocycles. The molecule has 114 valence electrons. The van der Waals surface area contributed by atoms with Crippen LogP contribution in [0, 0.1) is 32.4 Å². The number of nitrogens with two attached hydrogens (primary N) is 1. The first-order valence-corrected chi connectivity index (χ1v) is 6.76. The lowest BCUT2D eigenvalue weighted by Crippen LogP contribution is -2.22. The number of hydrogen-bond acceptors (Lipinski definition) is 3. The molecule has 2 atom stereocenters. The summed E-state index contributed by atoms with van der Waals surface area (Å²) in [5, 5.41) is 10.6. The molecule has 0 aliphatic rings. The molecule has 0 bridgehead atoms. The van der Waals surface area contributed by atoms with Crippen LogP contribution in [-0.2, 0) is 0 Å². The smallest absolute Gasteiger partial charge is 0.129 e. The average molecular weight is 295 g/mol. The third-order valence-corrected chi connectivity index (χ3v) is 3.91. The molecule has 0 radical (unpaired) electrons. The van der Waals surface area contributed by atoms with Crippen LogP contribution in [0.3, 0.4) is 0 Å².